The van der Waals surface area contributed by atoms with E-state index in [-0.39, 0.29) is 0 Å². The maximum Gasteiger partial charge on any atom is 0.170 e. The van der Waals surface area contributed by atoms with Gasteiger partial charge in [0.2, 0.25) is 0 Å². The van der Waals surface area contributed by atoms with Crippen LogP contribution in [0.4, 0.5) is 0 Å². The highest BCUT2D eigenvalue weighted by molar-refractivity contribution is 8.01. The second-order valence-corrected chi connectivity index (χ2v) is 7.79. The molecule has 1 aliphatic carbocycles. The molecule has 0 aromatic carbocycles. The molecule has 1 fully saturated rings. The van der Waals surface area contributed by atoms with Crippen LogP contribution >= 0.6 is 23.3 Å². The first-order chi connectivity index (χ1) is 8.56. The first-order valence-electron chi connectivity index (χ1n) is 6.79. The van der Waals surface area contributed by atoms with Crippen LogP contribution in [0.25, 0.3) is 0 Å². The first kappa shape index (κ1) is 14.3. The van der Waals surface area contributed by atoms with Crippen LogP contribution in [-0.2, 0) is 6.42 Å². The number of aromatic nitrogens is 2. The molecule has 1 aliphatic rings. The lowest BCUT2D eigenvalue weighted by Gasteiger charge is -2.30. The van der Waals surface area contributed by atoms with Gasteiger partial charge in [0.15, 0.2) is 4.34 Å². The van der Waals surface area contributed by atoms with E-state index in [1.54, 1.807) is 11.5 Å². The summed E-state index contributed by atoms with van der Waals surface area (Å²) < 4.78 is 5.51. The predicted molar refractivity (Wildman–Crippen MR) is 79.4 cm³/mol. The molecule has 102 valence electrons. The van der Waals surface area contributed by atoms with Crippen molar-refractivity contribution in [1.82, 2.24) is 14.7 Å². The largest absolute Gasteiger partial charge is 0.313 e. The molecule has 2 rings (SSSR count). The minimum atomic E-state index is 0.395. The molecular weight excluding hydrogens is 262 g/mol. The van der Waals surface area contributed by atoms with Crippen molar-refractivity contribution >= 4 is 23.3 Å². The lowest BCUT2D eigenvalue weighted by atomic mass is 9.87. The zero-order chi connectivity index (χ0) is 13.2. The molecule has 1 N–H and O–H groups in total. The van der Waals surface area contributed by atoms with Crippen molar-refractivity contribution in [3.8, 4) is 0 Å². The molecule has 2 unspecified atom stereocenters. The Morgan fingerprint density at radius 3 is 2.83 bits per heavy atom. The summed E-state index contributed by atoms with van der Waals surface area (Å²) in [6.07, 6.45) is 3.50. The molecule has 0 aliphatic heterocycles. The van der Waals surface area contributed by atoms with Gasteiger partial charge in [0.1, 0.15) is 5.82 Å². The predicted octanol–water partition coefficient (Wildman–Crippen LogP) is 3.36. The number of nitrogens with one attached hydrogen (secondary N) is 1. The molecule has 18 heavy (non-hydrogen) atoms. The zero-order valence-corrected chi connectivity index (χ0v) is 13.3. The van der Waals surface area contributed by atoms with Crippen molar-refractivity contribution < 1.29 is 0 Å². The van der Waals surface area contributed by atoms with Gasteiger partial charge in [-0.2, -0.15) is 4.37 Å². The third-order valence-corrected chi connectivity index (χ3v) is 5.89. The average molecular weight is 285 g/mol. The van der Waals surface area contributed by atoms with E-state index < -0.39 is 0 Å². The second kappa shape index (κ2) is 5.88. The highest BCUT2D eigenvalue weighted by Gasteiger charge is 2.42. The summed E-state index contributed by atoms with van der Waals surface area (Å²) in [5, 5.41) is 4.30. The SMILES string of the molecule is CCNC1C(Sc2nc(CC)ns2)CCC1(C)C. The normalized spacial score (nSPS) is 26.7. The minimum absolute atomic E-state index is 0.395. The fraction of sp³-hybridized carbons (Fsp3) is 0.846. The highest BCUT2D eigenvalue weighted by Crippen LogP contribution is 2.45. The molecule has 0 spiro atoms. The summed E-state index contributed by atoms with van der Waals surface area (Å²) in [6, 6.07) is 0.585. The lowest BCUT2D eigenvalue weighted by Crippen LogP contribution is -2.43. The van der Waals surface area contributed by atoms with Gasteiger partial charge in [0, 0.05) is 17.7 Å². The Bertz CT molecular complexity index is 389. The molecule has 5 heteroatoms. The monoisotopic (exact) mass is 285 g/mol. The fourth-order valence-electron chi connectivity index (χ4n) is 2.65. The van der Waals surface area contributed by atoms with Crippen LogP contribution in [0.5, 0.6) is 0 Å². The summed E-state index contributed by atoms with van der Waals surface area (Å²) >= 11 is 3.48. The quantitative estimate of drug-likeness (QED) is 0.900. The molecule has 1 aromatic heterocycles. The molecule has 3 nitrogen and oxygen atoms in total. The summed E-state index contributed by atoms with van der Waals surface area (Å²) in [5.41, 5.74) is 0.395. The van der Waals surface area contributed by atoms with Crippen LogP contribution in [-0.4, -0.2) is 27.2 Å². The minimum Gasteiger partial charge on any atom is -0.313 e. The lowest BCUT2D eigenvalue weighted by molar-refractivity contribution is 0.290. The summed E-state index contributed by atoms with van der Waals surface area (Å²) in [7, 11) is 0. The topological polar surface area (TPSA) is 37.8 Å². The Morgan fingerprint density at radius 2 is 2.22 bits per heavy atom. The number of hydrogen-bond donors (Lipinski definition) is 1. The maximum atomic E-state index is 4.58. The van der Waals surface area contributed by atoms with E-state index in [4.69, 9.17) is 0 Å². The van der Waals surface area contributed by atoms with E-state index in [0.29, 0.717) is 16.7 Å². The molecule has 0 radical (unpaired) electrons. The molecule has 1 heterocycles. The van der Waals surface area contributed by atoms with Crippen molar-refractivity contribution in [2.45, 2.75) is 62.6 Å². The standard InChI is InChI=1S/C13H23N3S2/c1-5-10-15-12(18-16-10)17-9-7-8-13(3,4)11(9)14-6-2/h9,11,14H,5-8H2,1-4H3. The third kappa shape index (κ3) is 3.06. The molecule has 0 saturated heterocycles. The van der Waals surface area contributed by atoms with Crippen LogP contribution in [0.3, 0.4) is 0 Å². The van der Waals surface area contributed by atoms with Crippen LogP contribution in [0.15, 0.2) is 4.34 Å². The van der Waals surface area contributed by atoms with Gasteiger partial charge in [-0.1, -0.05) is 39.5 Å². The molecule has 2 atom stereocenters. The number of rotatable bonds is 5. The van der Waals surface area contributed by atoms with E-state index in [0.717, 1.165) is 23.1 Å². The van der Waals surface area contributed by atoms with E-state index in [1.165, 1.54) is 12.8 Å². The van der Waals surface area contributed by atoms with Crippen molar-refractivity contribution in [2.75, 3.05) is 6.54 Å². The van der Waals surface area contributed by atoms with Gasteiger partial charge < -0.3 is 5.32 Å². The van der Waals surface area contributed by atoms with Crippen molar-refractivity contribution in [3.63, 3.8) is 0 Å². The fourth-order valence-corrected chi connectivity index (χ4v) is 5.06. The second-order valence-electron chi connectivity index (χ2n) is 5.55. The first-order valence-corrected chi connectivity index (χ1v) is 8.44. The Morgan fingerprint density at radius 1 is 1.44 bits per heavy atom. The Hall–Kier alpha value is -0.130. The van der Waals surface area contributed by atoms with Crippen LogP contribution in [0.1, 0.15) is 46.4 Å². The molecule has 0 bridgehead atoms. The van der Waals surface area contributed by atoms with Gasteiger partial charge in [0.05, 0.1) is 0 Å². The average Bonchev–Trinajstić information content (AvgIpc) is 2.89. The van der Waals surface area contributed by atoms with Crippen LogP contribution in [0.2, 0.25) is 0 Å². The van der Waals surface area contributed by atoms with Gasteiger partial charge in [-0.05, 0) is 36.3 Å². The van der Waals surface area contributed by atoms with E-state index in [9.17, 15) is 0 Å². The maximum absolute atomic E-state index is 4.58. The van der Waals surface area contributed by atoms with E-state index in [1.807, 2.05) is 11.8 Å². The van der Waals surface area contributed by atoms with Gasteiger partial charge in [0.25, 0.3) is 0 Å². The molecule has 0 amide bonds. The van der Waals surface area contributed by atoms with Crippen molar-refractivity contribution in [1.29, 1.82) is 0 Å². The smallest absolute Gasteiger partial charge is 0.170 e. The third-order valence-electron chi connectivity index (χ3n) is 3.73. The zero-order valence-electron chi connectivity index (χ0n) is 11.7. The van der Waals surface area contributed by atoms with Gasteiger partial charge >= 0.3 is 0 Å². The van der Waals surface area contributed by atoms with Crippen LogP contribution in [0, 0.1) is 5.41 Å². The molecule has 1 aromatic rings. The van der Waals surface area contributed by atoms with E-state index in [2.05, 4.69) is 42.4 Å². The van der Waals surface area contributed by atoms with E-state index >= 15 is 0 Å². The Balaban J connectivity index is 2.04. The summed E-state index contributed by atoms with van der Waals surface area (Å²) in [5.74, 6) is 0.986. The summed E-state index contributed by atoms with van der Waals surface area (Å²) in [6.45, 7) is 10.1. The van der Waals surface area contributed by atoms with Gasteiger partial charge in [-0.25, -0.2) is 4.98 Å². The Labute approximate surface area is 118 Å². The number of nitrogens with zero attached hydrogens (tertiary/aromatic N) is 2. The van der Waals surface area contributed by atoms with Crippen LogP contribution < -0.4 is 5.32 Å². The Kier molecular flexibility index (Phi) is 4.67. The molecular formula is C13H23N3S2. The highest BCUT2D eigenvalue weighted by atomic mass is 32.2. The van der Waals surface area contributed by atoms with Crippen molar-refractivity contribution in [3.05, 3.63) is 5.82 Å². The number of hydrogen-bond acceptors (Lipinski definition) is 5. The number of thioether (sulfide) groups is 1. The van der Waals surface area contributed by atoms with Gasteiger partial charge in [-0.15, -0.1) is 0 Å². The van der Waals surface area contributed by atoms with Gasteiger partial charge in [-0.3, -0.25) is 0 Å². The summed E-state index contributed by atoms with van der Waals surface area (Å²) in [4.78, 5) is 4.58. The van der Waals surface area contributed by atoms with Crippen molar-refractivity contribution in [2.24, 2.45) is 5.41 Å². The molecule has 1 saturated carbocycles. The number of aryl methyl sites for hydroxylation is 1.